The summed E-state index contributed by atoms with van der Waals surface area (Å²) in [5.74, 6) is -0.561. The molecule has 1 unspecified atom stereocenters. The number of benzene rings is 1. The fourth-order valence-corrected chi connectivity index (χ4v) is 4.03. The molecule has 3 aromatic heterocycles. The van der Waals surface area contributed by atoms with Gasteiger partial charge in [-0.2, -0.15) is 0 Å². The Bertz CT molecular complexity index is 1340. The second-order valence-electron chi connectivity index (χ2n) is 7.20. The average molecular weight is 432 g/mol. The minimum Gasteiger partial charge on any atom is -0.383 e. The Labute approximate surface area is 180 Å². The number of hydrogen-bond acceptors (Lipinski definition) is 6. The number of nitrogens with zero attached hydrogens (tertiary/aromatic N) is 5. The lowest BCUT2D eigenvalue weighted by molar-refractivity contribution is 0.146. The van der Waals surface area contributed by atoms with E-state index in [0.717, 1.165) is 0 Å². The molecule has 158 valence electrons. The molecule has 9 heteroatoms. The zero-order valence-corrected chi connectivity index (χ0v) is 16.5. The molecular formula is C23H15F3N6. The number of hydrogen-bond donors (Lipinski definition) is 1. The van der Waals surface area contributed by atoms with Gasteiger partial charge in [0.05, 0.1) is 11.3 Å². The molecule has 0 fully saturated rings. The lowest BCUT2D eigenvalue weighted by Crippen LogP contribution is -2.26. The Morgan fingerprint density at radius 1 is 0.906 bits per heavy atom. The molecule has 4 aromatic rings. The van der Waals surface area contributed by atoms with Gasteiger partial charge in [0.25, 0.3) is 6.43 Å². The van der Waals surface area contributed by atoms with E-state index in [2.05, 4.69) is 24.9 Å². The maximum absolute atomic E-state index is 14.7. The molecule has 0 aliphatic carbocycles. The molecule has 1 atom stereocenters. The number of rotatable bonds is 4. The molecule has 6 nitrogen and oxygen atoms in total. The standard InChI is InChI=1S/C23H15F3N6/c24-17-3-1-2-16-20(17)22(27)32-23(16,15-5-7-31-19(9-15)21(25)26)14-4-6-30-18(8-14)13-10-28-12-29-11-13/h1-12,21H,(H2,27,32). The lowest BCUT2D eigenvalue weighted by Gasteiger charge is -2.29. The number of aliphatic imine (C=N–C) groups is 1. The summed E-state index contributed by atoms with van der Waals surface area (Å²) >= 11 is 0. The van der Waals surface area contributed by atoms with Crippen LogP contribution in [0.15, 0.2) is 78.6 Å². The molecular weight excluding hydrogens is 417 g/mol. The van der Waals surface area contributed by atoms with Crippen LogP contribution in [0.1, 0.15) is 34.4 Å². The number of amidine groups is 1. The SMILES string of the molecule is NC1=NC(c2ccnc(-c3cncnc3)c2)(c2ccnc(C(F)F)c2)c2cccc(F)c21. The Morgan fingerprint density at radius 2 is 1.62 bits per heavy atom. The molecule has 0 amide bonds. The maximum atomic E-state index is 14.7. The molecule has 1 aliphatic rings. The van der Waals surface area contributed by atoms with Gasteiger partial charge in [-0.3, -0.25) is 9.97 Å². The minimum absolute atomic E-state index is 0.0186. The van der Waals surface area contributed by atoms with E-state index in [0.29, 0.717) is 27.9 Å². The van der Waals surface area contributed by atoms with E-state index in [1.807, 2.05) is 0 Å². The number of fused-ring (bicyclic) bond motifs is 1. The van der Waals surface area contributed by atoms with Gasteiger partial charge in [0, 0.05) is 35.9 Å². The van der Waals surface area contributed by atoms with Crippen LogP contribution in [0.3, 0.4) is 0 Å². The summed E-state index contributed by atoms with van der Waals surface area (Å²) in [6, 6.07) is 10.8. The van der Waals surface area contributed by atoms with Crippen LogP contribution < -0.4 is 5.73 Å². The second kappa shape index (κ2) is 7.52. The summed E-state index contributed by atoms with van der Waals surface area (Å²) in [6.07, 6.45) is 4.68. The molecule has 0 saturated heterocycles. The van der Waals surface area contributed by atoms with Crippen LogP contribution in [0.2, 0.25) is 0 Å². The Hall–Kier alpha value is -4.14. The predicted octanol–water partition coefficient (Wildman–Crippen LogP) is 4.02. The summed E-state index contributed by atoms with van der Waals surface area (Å²) in [5.41, 5.74) is 7.13. The number of halogens is 3. The summed E-state index contributed by atoms with van der Waals surface area (Å²) in [5, 5.41) is 0. The highest BCUT2D eigenvalue weighted by molar-refractivity contribution is 6.03. The van der Waals surface area contributed by atoms with Crippen molar-refractivity contribution in [1.29, 1.82) is 0 Å². The third kappa shape index (κ3) is 3.01. The lowest BCUT2D eigenvalue weighted by atomic mass is 9.77. The van der Waals surface area contributed by atoms with Gasteiger partial charge < -0.3 is 5.73 Å². The Kier molecular flexibility index (Phi) is 4.66. The van der Waals surface area contributed by atoms with Gasteiger partial charge in [-0.15, -0.1) is 0 Å². The van der Waals surface area contributed by atoms with Crippen molar-refractivity contribution in [3.8, 4) is 11.3 Å². The smallest absolute Gasteiger partial charge is 0.280 e. The Balaban J connectivity index is 1.82. The summed E-state index contributed by atoms with van der Waals surface area (Å²) in [6.45, 7) is 0. The normalized spacial score (nSPS) is 17.3. The van der Waals surface area contributed by atoms with Crippen LogP contribution in [0.25, 0.3) is 11.3 Å². The fraction of sp³-hybridized carbons (Fsp3) is 0.0870. The van der Waals surface area contributed by atoms with E-state index in [-0.39, 0.29) is 11.4 Å². The van der Waals surface area contributed by atoms with Crippen LogP contribution in [-0.2, 0) is 5.54 Å². The van der Waals surface area contributed by atoms with Gasteiger partial charge in [-0.25, -0.2) is 28.1 Å². The first-order valence-corrected chi connectivity index (χ1v) is 9.62. The average Bonchev–Trinajstić information content (AvgIpc) is 3.14. The van der Waals surface area contributed by atoms with E-state index >= 15 is 0 Å². The van der Waals surface area contributed by atoms with Crippen molar-refractivity contribution in [2.75, 3.05) is 0 Å². The summed E-state index contributed by atoms with van der Waals surface area (Å²) < 4.78 is 41.7. The first-order chi connectivity index (χ1) is 15.5. The number of pyridine rings is 2. The third-order valence-corrected chi connectivity index (χ3v) is 5.40. The highest BCUT2D eigenvalue weighted by Crippen LogP contribution is 2.47. The van der Waals surface area contributed by atoms with Crippen LogP contribution in [0.4, 0.5) is 13.2 Å². The Morgan fingerprint density at radius 3 is 2.38 bits per heavy atom. The molecule has 32 heavy (non-hydrogen) atoms. The second-order valence-corrected chi connectivity index (χ2v) is 7.20. The van der Waals surface area contributed by atoms with Gasteiger partial charge in [0.2, 0.25) is 0 Å². The molecule has 5 rings (SSSR count). The fourth-order valence-electron chi connectivity index (χ4n) is 4.03. The third-order valence-electron chi connectivity index (χ3n) is 5.40. The quantitative estimate of drug-likeness (QED) is 0.526. The van der Waals surface area contributed by atoms with Crippen molar-refractivity contribution in [3.63, 3.8) is 0 Å². The zero-order valence-electron chi connectivity index (χ0n) is 16.5. The van der Waals surface area contributed by atoms with Crippen LogP contribution in [-0.4, -0.2) is 25.8 Å². The highest BCUT2D eigenvalue weighted by Gasteiger charge is 2.44. The van der Waals surface area contributed by atoms with E-state index in [1.54, 1.807) is 48.9 Å². The first-order valence-electron chi connectivity index (χ1n) is 9.62. The van der Waals surface area contributed by atoms with E-state index in [1.165, 1.54) is 24.7 Å². The van der Waals surface area contributed by atoms with Crippen molar-refractivity contribution >= 4 is 5.84 Å². The molecule has 0 bridgehead atoms. The largest absolute Gasteiger partial charge is 0.383 e. The summed E-state index contributed by atoms with van der Waals surface area (Å²) in [4.78, 5) is 20.8. The molecule has 2 N–H and O–H groups in total. The van der Waals surface area contributed by atoms with E-state index in [9.17, 15) is 13.2 Å². The molecule has 0 spiro atoms. The van der Waals surface area contributed by atoms with Crippen molar-refractivity contribution < 1.29 is 13.2 Å². The van der Waals surface area contributed by atoms with Crippen molar-refractivity contribution in [2.24, 2.45) is 10.7 Å². The topological polar surface area (TPSA) is 89.9 Å². The number of aromatic nitrogens is 4. The van der Waals surface area contributed by atoms with Gasteiger partial charge >= 0.3 is 0 Å². The predicted molar refractivity (Wildman–Crippen MR) is 111 cm³/mol. The van der Waals surface area contributed by atoms with Crippen molar-refractivity contribution in [1.82, 2.24) is 19.9 Å². The van der Waals surface area contributed by atoms with Crippen LogP contribution in [0.5, 0.6) is 0 Å². The maximum Gasteiger partial charge on any atom is 0.280 e. The number of nitrogens with two attached hydrogens (primary N) is 1. The molecule has 0 saturated carbocycles. The molecule has 1 aliphatic heterocycles. The van der Waals surface area contributed by atoms with E-state index in [4.69, 9.17) is 5.73 Å². The van der Waals surface area contributed by atoms with E-state index < -0.39 is 23.5 Å². The molecule has 1 aromatic carbocycles. The number of alkyl halides is 2. The van der Waals surface area contributed by atoms with Gasteiger partial charge in [0.1, 0.15) is 29.2 Å². The minimum atomic E-state index is -2.78. The van der Waals surface area contributed by atoms with Gasteiger partial charge in [-0.05, 0) is 41.5 Å². The summed E-state index contributed by atoms with van der Waals surface area (Å²) in [7, 11) is 0. The molecule has 4 heterocycles. The monoisotopic (exact) mass is 432 g/mol. The van der Waals surface area contributed by atoms with Gasteiger partial charge in [-0.1, -0.05) is 12.1 Å². The highest BCUT2D eigenvalue weighted by atomic mass is 19.3. The van der Waals surface area contributed by atoms with Gasteiger partial charge in [0.15, 0.2) is 0 Å². The molecule has 0 radical (unpaired) electrons. The zero-order chi connectivity index (χ0) is 22.3. The van der Waals surface area contributed by atoms with Crippen LogP contribution in [0, 0.1) is 5.82 Å². The first kappa shape index (κ1) is 19.8. The van der Waals surface area contributed by atoms with Crippen molar-refractivity contribution in [3.05, 3.63) is 107 Å². The van der Waals surface area contributed by atoms with Crippen molar-refractivity contribution in [2.45, 2.75) is 12.0 Å². The van der Waals surface area contributed by atoms with Crippen LogP contribution >= 0.6 is 0 Å².